The van der Waals surface area contributed by atoms with Gasteiger partial charge >= 0.3 is 0 Å². The third-order valence-electron chi connectivity index (χ3n) is 3.20. The van der Waals surface area contributed by atoms with Crippen molar-refractivity contribution in [2.75, 3.05) is 5.32 Å². The summed E-state index contributed by atoms with van der Waals surface area (Å²) in [5.74, 6) is -0.444. The van der Waals surface area contributed by atoms with Crippen molar-refractivity contribution in [1.29, 1.82) is 0 Å². The first kappa shape index (κ1) is 14.1. The van der Waals surface area contributed by atoms with Crippen LogP contribution in [0, 0.1) is 5.82 Å². The smallest absolute Gasteiger partial charge is 0.143 e. The molecule has 5 heteroatoms. The molecule has 1 heterocycles. The highest BCUT2D eigenvalue weighted by molar-refractivity contribution is 6.35. The highest BCUT2D eigenvalue weighted by atomic mass is 35.5. The summed E-state index contributed by atoms with van der Waals surface area (Å²) in [5.41, 5.74) is 2.49. The van der Waals surface area contributed by atoms with E-state index in [4.69, 9.17) is 23.2 Å². The average molecular weight is 321 g/mol. The second-order valence-corrected chi connectivity index (χ2v) is 5.40. The first-order valence-corrected chi connectivity index (χ1v) is 7.12. The van der Waals surface area contributed by atoms with Crippen LogP contribution in [0.25, 0.3) is 10.9 Å². The third kappa shape index (κ3) is 2.94. The molecule has 2 aromatic carbocycles. The standard InChI is InChI=1S/C16H11Cl2FN2/c17-13-5-3-10(16-12(13)2-1-7-20-16)9-21-11-4-6-14(18)15(19)8-11/h1-8,21H,9H2. The number of fused-ring (bicyclic) bond motifs is 1. The van der Waals surface area contributed by atoms with Crippen molar-refractivity contribution in [3.05, 3.63) is 70.1 Å². The number of anilines is 1. The molecule has 0 aliphatic rings. The van der Waals surface area contributed by atoms with Gasteiger partial charge in [0, 0.05) is 28.8 Å². The molecule has 0 amide bonds. The van der Waals surface area contributed by atoms with Gasteiger partial charge in [-0.1, -0.05) is 29.3 Å². The number of nitrogens with one attached hydrogen (secondary N) is 1. The van der Waals surface area contributed by atoms with Gasteiger partial charge in [-0.15, -0.1) is 0 Å². The van der Waals surface area contributed by atoms with Crippen LogP contribution in [-0.2, 0) is 6.54 Å². The van der Waals surface area contributed by atoms with E-state index < -0.39 is 5.82 Å². The highest BCUT2D eigenvalue weighted by Crippen LogP contribution is 2.26. The summed E-state index contributed by atoms with van der Waals surface area (Å²) in [7, 11) is 0. The number of hydrogen-bond acceptors (Lipinski definition) is 2. The predicted octanol–water partition coefficient (Wildman–Crippen LogP) is 5.29. The Morgan fingerprint density at radius 1 is 1.05 bits per heavy atom. The lowest BCUT2D eigenvalue weighted by Crippen LogP contribution is -2.01. The molecule has 21 heavy (non-hydrogen) atoms. The molecule has 0 spiro atoms. The predicted molar refractivity (Wildman–Crippen MR) is 85.5 cm³/mol. The zero-order valence-electron chi connectivity index (χ0n) is 10.9. The molecule has 0 radical (unpaired) electrons. The molecule has 1 N–H and O–H groups in total. The number of benzene rings is 2. The molecule has 106 valence electrons. The van der Waals surface area contributed by atoms with Crippen LogP contribution in [0.2, 0.25) is 10.0 Å². The van der Waals surface area contributed by atoms with Crippen LogP contribution >= 0.6 is 23.2 Å². The minimum atomic E-state index is -0.444. The molecule has 0 unspecified atom stereocenters. The maximum atomic E-state index is 13.4. The van der Waals surface area contributed by atoms with Crippen molar-refractivity contribution < 1.29 is 4.39 Å². The SMILES string of the molecule is Fc1cc(NCc2ccc(Cl)c3cccnc23)ccc1Cl. The fourth-order valence-corrected chi connectivity index (χ4v) is 2.48. The summed E-state index contributed by atoms with van der Waals surface area (Å²) in [4.78, 5) is 4.37. The minimum absolute atomic E-state index is 0.110. The van der Waals surface area contributed by atoms with Crippen LogP contribution in [0.15, 0.2) is 48.7 Å². The molecule has 0 atom stereocenters. The monoisotopic (exact) mass is 320 g/mol. The number of halogens is 3. The van der Waals surface area contributed by atoms with E-state index in [1.165, 1.54) is 12.1 Å². The first-order chi connectivity index (χ1) is 10.1. The van der Waals surface area contributed by atoms with E-state index >= 15 is 0 Å². The number of nitrogens with zero attached hydrogens (tertiary/aromatic N) is 1. The summed E-state index contributed by atoms with van der Waals surface area (Å²) < 4.78 is 13.4. The van der Waals surface area contributed by atoms with E-state index in [9.17, 15) is 4.39 Å². The molecular formula is C16H11Cl2FN2. The van der Waals surface area contributed by atoms with E-state index in [1.807, 2.05) is 24.3 Å². The van der Waals surface area contributed by atoms with E-state index in [2.05, 4.69) is 10.3 Å². The van der Waals surface area contributed by atoms with E-state index in [0.29, 0.717) is 17.3 Å². The van der Waals surface area contributed by atoms with E-state index in [0.717, 1.165) is 16.5 Å². The molecule has 0 fully saturated rings. The Hall–Kier alpha value is -1.84. The Kier molecular flexibility index (Phi) is 3.95. The summed E-state index contributed by atoms with van der Waals surface area (Å²) in [5, 5.41) is 4.84. The Balaban J connectivity index is 1.88. The van der Waals surface area contributed by atoms with Gasteiger partial charge in [0.25, 0.3) is 0 Å². The first-order valence-electron chi connectivity index (χ1n) is 6.36. The maximum absolute atomic E-state index is 13.4. The maximum Gasteiger partial charge on any atom is 0.143 e. The molecule has 3 aromatic rings. The molecule has 3 rings (SSSR count). The van der Waals surface area contributed by atoms with Crippen molar-refractivity contribution in [1.82, 2.24) is 4.98 Å². The molecule has 1 aromatic heterocycles. The van der Waals surface area contributed by atoms with Gasteiger partial charge in [-0.3, -0.25) is 4.98 Å². The van der Waals surface area contributed by atoms with Crippen molar-refractivity contribution in [3.63, 3.8) is 0 Å². The van der Waals surface area contributed by atoms with Gasteiger partial charge in [0.1, 0.15) is 5.82 Å². The Bertz CT molecular complexity index is 805. The summed E-state index contributed by atoms with van der Waals surface area (Å²) in [6.07, 6.45) is 1.73. The normalized spacial score (nSPS) is 10.8. The lowest BCUT2D eigenvalue weighted by Gasteiger charge is -2.10. The van der Waals surface area contributed by atoms with Gasteiger partial charge in [0.05, 0.1) is 10.5 Å². The molecule has 0 aliphatic heterocycles. The number of rotatable bonds is 3. The summed E-state index contributed by atoms with van der Waals surface area (Å²) in [6.45, 7) is 0.520. The number of hydrogen-bond donors (Lipinski definition) is 1. The Labute approximate surface area is 131 Å². The fraction of sp³-hybridized carbons (Fsp3) is 0.0625. The third-order valence-corrected chi connectivity index (χ3v) is 3.84. The molecule has 0 aliphatic carbocycles. The molecule has 0 saturated heterocycles. The lowest BCUT2D eigenvalue weighted by atomic mass is 10.1. The second kappa shape index (κ2) is 5.88. The van der Waals surface area contributed by atoms with Gasteiger partial charge < -0.3 is 5.32 Å². The van der Waals surface area contributed by atoms with Gasteiger partial charge in [-0.25, -0.2) is 4.39 Å². The lowest BCUT2D eigenvalue weighted by molar-refractivity contribution is 0.628. The van der Waals surface area contributed by atoms with Crippen LogP contribution in [0.5, 0.6) is 0 Å². The minimum Gasteiger partial charge on any atom is -0.381 e. The quantitative estimate of drug-likeness (QED) is 0.709. The van der Waals surface area contributed by atoms with Gasteiger partial charge in [-0.05, 0) is 42.0 Å². The topological polar surface area (TPSA) is 24.9 Å². The highest BCUT2D eigenvalue weighted by Gasteiger charge is 2.06. The van der Waals surface area contributed by atoms with Gasteiger partial charge in [0.15, 0.2) is 0 Å². The van der Waals surface area contributed by atoms with Crippen LogP contribution in [-0.4, -0.2) is 4.98 Å². The largest absolute Gasteiger partial charge is 0.381 e. The summed E-state index contributed by atoms with van der Waals surface area (Å²) in [6, 6.07) is 12.2. The van der Waals surface area contributed by atoms with E-state index in [1.54, 1.807) is 12.3 Å². The van der Waals surface area contributed by atoms with Crippen LogP contribution in [0.3, 0.4) is 0 Å². The van der Waals surface area contributed by atoms with Gasteiger partial charge in [-0.2, -0.15) is 0 Å². The second-order valence-electron chi connectivity index (χ2n) is 4.59. The summed E-state index contributed by atoms with van der Waals surface area (Å²) >= 11 is 11.8. The van der Waals surface area contributed by atoms with Crippen LogP contribution in [0.1, 0.15) is 5.56 Å². The molecule has 0 saturated carbocycles. The number of aromatic nitrogens is 1. The number of pyridine rings is 1. The molecule has 2 nitrogen and oxygen atoms in total. The van der Waals surface area contributed by atoms with Crippen molar-refractivity contribution in [2.45, 2.75) is 6.54 Å². The van der Waals surface area contributed by atoms with E-state index in [-0.39, 0.29) is 5.02 Å². The van der Waals surface area contributed by atoms with Gasteiger partial charge in [0.2, 0.25) is 0 Å². The van der Waals surface area contributed by atoms with Crippen molar-refractivity contribution in [2.24, 2.45) is 0 Å². The van der Waals surface area contributed by atoms with Crippen LogP contribution < -0.4 is 5.32 Å². The zero-order chi connectivity index (χ0) is 14.8. The fourth-order valence-electron chi connectivity index (χ4n) is 2.14. The Morgan fingerprint density at radius 2 is 1.86 bits per heavy atom. The molecular weight excluding hydrogens is 310 g/mol. The van der Waals surface area contributed by atoms with Crippen molar-refractivity contribution >= 4 is 39.8 Å². The average Bonchev–Trinajstić information content (AvgIpc) is 2.50. The van der Waals surface area contributed by atoms with Crippen LogP contribution in [0.4, 0.5) is 10.1 Å². The molecule has 0 bridgehead atoms. The zero-order valence-corrected chi connectivity index (χ0v) is 12.4. The van der Waals surface area contributed by atoms with Crippen molar-refractivity contribution in [3.8, 4) is 0 Å². The Morgan fingerprint density at radius 3 is 2.67 bits per heavy atom.